The maximum Gasteiger partial charge on any atom is 0.234 e. The van der Waals surface area contributed by atoms with E-state index >= 15 is 0 Å². The van der Waals surface area contributed by atoms with Crippen LogP contribution in [-0.4, -0.2) is 36.2 Å². The molecule has 0 unspecified atom stereocenters. The van der Waals surface area contributed by atoms with E-state index in [1.807, 2.05) is 30.0 Å². The lowest BCUT2D eigenvalue weighted by molar-refractivity contribution is -0.126. The smallest absolute Gasteiger partial charge is 0.234 e. The minimum Gasteiger partial charge on any atom is -0.348 e. The van der Waals surface area contributed by atoms with Crippen LogP contribution in [0.1, 0.15) is 31.4 Å². The summed E-state index contributed by atoms with van der Waals surface area (Å²) in [6.07, 6.45) is 1.12. The largest absolute Gasteiger partial charge is 0.348 e. The summed E-state index contributed by atoms with van der Waals surface area (Å²) in [6.45, 7) is 3.73. The molecule has 4 heteroatoms. The van der Waals surface area contributed by atoms with Gasteiger partial charge in [0.25, 0.3) is 0 Å². The number of hydrogen-bond donors (Lipinski definition) is 1. The van der Waals surface area contributed by atoms with Crippen LogP contribution in [-0.2, 0) is 9.59 Å². The lowest BCUT2D eigenvalue weighted by Gasteiger charge is -2.26. The predicted molar refractivity (Wildman–Crippen MR) is 99.1 cm³/mol. The van der Waals surface area contributed by atoms with Gasteiger partial charge in [-0.15, -0.1) is 0 Å². The first-order valence-electron chi connectivity index (χ1n) is 8.80. The second-order valence-corrected chi connectivity index (χ2v) is 6.59. The maximum atomic E-state index is 12.2. The number of piperidine rings is 1. The fourth-order valence-corrected chi connectivity index (χ4v) is 3.13. The number of Topliss-reactive ketones (excluding diaryl/α,β-unsaturated/α-hetero) is 1. The molecule has 4 nitrogen and oxygen atoms in total. The van der Waals surface area contributed by atoms with Crippen molar-refractivity contribution in [2.45, 2.75) is 25.8 Å². The summed E-state index contributed by atoms with van der Waals surface area (Å²) in [5, 5.41) is 3.05. The molecule has 3 rings (SSSR count). The zero-order chi connectivity index (χ0) is 17.6. The fraction of sp³-hybridized carbons (Fsp3) is 0.333. The monoisotopic (exact) mass is 336 g/mol. The molecule has 0 bridgehead atoms. The van der Waals surface area contributed by atoms with E-state index < -0.39 is 0 Å². The number of amides is 1. The average molecular weight is 336 g/mol. The highest BCUT2D eigenvalue weighted by atomic mass is 16.2. The van der Waals surface area contributed by atoms with Crippen LogP contribution in [0.15, 0.2) is 54.6 Å². The highest BCUT2D eigenvalue weighted by molar-refractivity contribution is 5.81. The summed E-state index contributed by atoms with van der Waals surface area (Å²) in [4.78, 5) is 25.5. The summed E-state index contributed by atoms with van der Waals surface area (Å²) in [7, 11) is 0. The molecular weight excluding hydrogens is 312 g/mol. The summed E-state index contributed by atoms with van der Waals surface area (Å²) in [5.41, 5.74) is 3.44. The molecule has 1 N–H and O–H groups in total. The Kier molecular flexibility index (Phi) is 5.61. The molecule has 0 saturated carbocycles. The zero-order valence-corrected chi connectivity index (χ0v) is 14.6. The van der Waals surface area contributed by atoms with Crippen molar-refractivity contribution in [1.29, 1.82) is 0 Å². The molecule has 0 aliphatic carbocycles. The fourth-order valence-electron chi connectivity index (χ4n) is 3.13. The molecule has 1 fully saturated rings. The van der Waals surface area contributed by atoms with Gasteiger partial charge >= 0.3 is 0 Å². The van der Waals surface area contributed by atoms with E-state index in [0.29, 0.717) is 38.3 Å². The van der Waals surface area contributed by atoms with Crippen LogP contribution >= 0.6 is 0 Å². The first-order chi connectivity index (χ1) is 12.1. The molecule has 0 spiro atoms. The first kappa shape index (κ1) is 17.4. The van der Waals surface area contributed by atoms with Crippen LogP contribution in [0.4, 0.5) is 0 Å². The van der Waals surface area contributed by atoms with E-state index in [9.17, 15) is 9.59 Å². The van der Waals surface area contributed by atoms with Gasteiger partial charge < -0.3 is 5.32 Å². The summed E-state index contributed by atoms with van der Waals surface area (Å²) in [5.74, 6) is 0.303. The van der Waals surface area contributed by atoms with Gasteiger partial charge in [0, 0.05) is 25.9 Å². The molecule has 1 atom stereocenters. The zero-order valence-electron chi connectivity index (χ0n) is 14.6. The normalized spacial score (nSPS) is 16.4. The van der Waals surface area contributed by atoms with Gasteiger partial charge in [-0.3, -0.25) is 14.5 Å². The molecule has 0 radical (unpaired) electrons. The Morgan fingerprint density at radius 3 is 2.24 bits per heavy atom. The van der Waals surface area contributed by atoms with Crippen LogP contribution in [0.3, 0.4) is 0 Å². The highest BCUT2D eigenvalue weighted by Gasteiger charge is 2.19. The molecule has 130 valence electrons. The Bertz CT molecular complexity index is 715. The van der Waals surface area contributed by atoms with Crippen molar-refractivity contribution >= 4 is 11.7 Å². The standard InChI is InChI=1S/C21H24N2O2/c1-16(22-21(25)15-23-13-11-20(24)12-14-23)17-7-9-19(10-8-17)18-5-3-2-4-6-18/h2-10,16H,11-15H2,1H3,(H,22,25)/t16-/m1/s1. The second kappa shape index (κ2) is 8.08. The van der Waals surface area contributed by atoms with Gasteiger partial charge in [0.1, 0.15) is 5.78 Å². The van der Waals surface area contributed by atoms with Crippen LogP contribution in [0.2, 0.25) is 0 Å². The third-order valence-corrected chi connectivity index (χ3v) is 4.68. The van der Waals surface area contributed by atoms with E-state index in [-0.39, 0.29) is 11.9 Å². The molecule has 1 aliphatic heterocycles. The van der Waals surface area contributed by atoms with E-state index in [1.54, 1.807) is 0 Å². The van der Waals surface area contributed by atoms with Crippen molar-refractivity contribution in [2.75, 3.05) is 19.6 Å². The molecular formula is C21H24N2O2. The quantitative estimate of drug-likeness (QED) is 0.912. The Morgan fingerprint density at radius 1 is 1.00 bits per heavy atom. The second-order valence-electron chi connectivity index (χ2n) is 6.59. The topological polar surface area (TPSA) is 49.4 Å². The van der Waals surface area contributed by atoms with Crippen LogP contribution < -0.4 is 5.32 Å². The van der Waals surface area contributed by atoms with E-state index in [4.69, 9.17) is 0 Å². The Morgan fingerprint density at radius 2 is 1.60 bits per heavy atom. The molecule has 2 aromatic rings. The minimum atomic E-state index is -0.0382. The Labute approximate surface area is 148 Å². The molecule has 2 aromatic carbocycles. The number of ketones is 1. The van der Waals surface area contributed by atoms with E-state index in [0.717, 1.165) is 5.56 Å². The molecule has 25 heavy (non-hydrogen) atoms. The van der Waals surface area contributed by atoms with Crippen molar-refractivity contribution < 1.29 is 9.59 Å². The molecule has 1 saturated heterocycles. The lowest BCUT2D eigenvalue weighted by Crippen LogP contribution is -2.42. The van der Waals surface area contributed by atoms with Gasteiger partial charge in [-0.2, -0.15) is 0 Å². The van der Waals surface area contributed by atoms with Crippen molar-refractivity contribution in [3.63, 3.8) is 0 Å². The van der Waals surface area contributed by atoms with E-state index in [1.165, 1.54) is 11.1 Å². The lowest BCUT2D eigenvalue weighted by atomic mass is 10.0. The van der Waals surface area contributed by atoms with Crippen LogP contribution in [0.5, 0.6) is 0 Å². The van der Waals surface area contributed by atoms with Gasteiger partial charge in [-0.1, -0.05) is 54.6 Å². The number of nitrogens with zero attached hydrogens (tertiary/aromatic N) is 1. The van der Waals surface area contributed by atoms with Crippen LogP contribution in [0.25, 0.3) is 11.1 Å². The Hall–Kier alpha value is -2.46. The van der Waals surface area contributed by atoms with Gasteiger partial charge in [0.2, 0.25) is 5.91 Å². The predicted octanol–water partition coefficient (Wildman–Crippen LogP) is 3.20. The number of hydrogen-bond acceptors (Lipinski definition) is 3. The van der Waals surface area contributed by atoms with Crippen molar-refractivity contribution in [1.82, 2.24) is 10.2 Å². The van der Waals surface area contributed by atoms with Gasteiger partial charge in [-0.05, 0) is 23.6 Å². The number of carbonyl (C=O) groups excluding carboxylic acids is 2. The highest BCUT2D eigenvalue weighted by Crippen LogP contribution is 2.21. The average Bonchev–Trinajstić information content (AvgIpc) is 2.64. The number of nitrogens with one attached hydrogen (secondary N) is 1. The number of likely N-dealkylation sites (tertiary alicyclic amines) is 1. The SMILES string of the molecule is C[C@@H](NC(=O)CN1CCC(=O)CC1)c1ccc(-c2ccccc2)cc1. The maximum absolute atomic E-state index is 12.2. The summed E-state index contributed by atoms with van der Waals surface area (Å²) < 4.78 is 0. The molecule has 1 amide bonds. The molecule has 1 heterocycles. The van der Waals surface area contributed by atoms with Gasteiger partial charge in [-0.25, -0.2) is 0 Å². The number of rotatable bonds is 5. The van der Waals surface area contributed by atoms with Gasteiger partial charge in [0.15, 0.2) is 0 Å². The Balaban J connectivity index is 1.55. The summed E-state index contributed by atoms with van der Waals surface area (Å²) >= 11 is 0. The van der Waals surface area contributed by atoms with Crippen molar-refractivity contribution in [2.24, 2.45) is 0 Å². The first-order valence-corrected chi connectivity index (χ1v) is 8.80. The molecule has 0 aromatic heterocycles. The third kappa shape index (κ3) is 4.77. The number of carbonyl (C=O) groups is 2. The van der Waals surface area contributed by atoms with Crippen molar-refractivity contribution in [3.8, 4) is 11.1 Å². The van der Waals surface area contributed by atoms with Gasteiger partial charge in [0.05, 0.1) is 12.6 Å². The van der Waals surface area contributed by atoms with E-state index in [2.05, 4.69) is 41.7 Å². The minimum absolute atomic E-state index is 0.00832. The molecule has 1 aliphatic rings. The van der Waals surface area contributed by atoms with Crippen molar-refractivity contribution in [3.05, 3.63) is 60.2 Å². The summed E-state index contributed by atoms with van der Waals surface area (Å²) in [6, 6.07) is 18.5. The third-order valence-electron chi connectivity index (χ3n) is 4.68. The number of benzene rings is 2. The van der Waals surface area contributed by atoms with Crippen LogP contribution in [0, 0.1) is 0 Å².